The first-order valence-electron chi connectivity index (χ1n) is 7.49. The fourth-order valence-corrected chi connectivity index (χ4v) is 5.55. The molecule has 2 atom stereocenters. The highest BCUT2D eigenvalue weighted by molar-refractivity contribution is 9.10. The van der Waals surface area contributed by atoms with Gasteiger partial charge in [-0.25, -0.2) is 13.1 Å². The number of rotatable bonds is 3. The molecular weight excluding hydrogens is 350 g/mol. The maximum Gasteiger partial charge on any atom is 0.241 e. The molecule has 21 heavy (non-hydrogen) atoms. The minimum Gasteiger partial charge on any atom is -0.208 e. The number of benzene rings is 1. The summed E-state index contributed by atoms with van der Waals surface area (Å²) in [5, 5.41) is 0. The summed E-state index contributed by atoms with van der Waals surface area (Å²) < 4.78 is 28.9. The van der Waals surface area contributed by atoms with Crippen LogP contribution in [0.25, 0.3) is 0 Å². The van der Waals surface area contributed by atoms with Gasteiger partial charge in [0, 0.05) is 10.5 Å². The molecule has 2 rings (SSSR count). The topological polar surface area (TPSA) is 46.2 Å². The average molecular weight is 374 g/mol. The van der Waals surface area contributed by atoms with Gasteiger partial charge in [0.15, 0.2) is 0 Å². The fraction of sp³-hybridized carbons (Fsp3) is 0.625. The molecule has 1 aliphatic carbocycles. The van der Waals surface area contributed by atoms with Crippen LogP contribution in [0.2, 0.25) is 0 Å². The van der Waals surface area contributed by atoms with Crippen molar-refractivity contribution >= 4 is 26.0 Å². The highest BCUT2D eigenvalue weighted by Crippen LogP contribution is 2.38. The molecule has 1 fully saturated rings. The Kier molecular flexibility index (Phi) is 5.16. The van der Waals surface area contributed by atoms with E-state index in [1.54, 1.807) is 18.2 Å². The maximum atomic E-state index is 12.7. The standard InChI is InChI=1S/C16H24BrNO2S/c1-16(2,3)12-8-4-6-10-14(12)18-21(19,20)15-11-7-5-9-13(15)17/h5,7,9,11-12,14,18H,4,6,8,10H2,1-3H3. The number of hydrogen-bond donors (Lipinski definition) is 1. The van der Waals surface area contributed by atoms with Crippen molar-refractivity contribution in [3.63, 3.8) is 0 Å². The van der Waals surface area contributed by atoms with Crippen molar-refractivity contribution in [1.29, 1.82) is 0 Å². The minimum absolute atomic E-state index is 0.0239. The van der Waals surface area contributed by atoms with Gasteiger partial charge in [0.05, 0.1) is 4.90 Å². The number of halogens is 1. The Morgan fingerprint density at radius 1 is 1.14 bits per heavy atom. The highest BCUT2D eigenvalue weighted by Gasteiger charge is 2.36. The van der Waals surface area contributed by atoms with E-state index in [-0.39, 0.29) is 11.5 Å². The second kappa shape index (κ2) is 6.39. The largest absolute Gasteiger partial charge is 0.241 e. The van der Waals surface area contributed by atoms with E-state index in [9.17, 15) is 8.42 Å². The molecule has 1 saturated carbocycles. The summed E-state index contributed by atoms with van der Waals surface area (Å²) in [6, 6.07) is 7.00. The number of nitrogens with one attached hydrogen (secondary N) is 1. The van der Waals surface area contributed by atoms with Crippen LogP contribution in [-0.2, 0) is 10.0 Å². The summed E-state index contributed by atoms with van der Waals surface area (Å²) in [4.78, 5) is 0.322. The van der Waals surface area contributed by atoms with Gasteiger partial charge < -0.3 is 0 Å². The van der Waals surface area contributed by atoms with Gasteiger partial charge in [-0.1, -0.05) is 45.7 Å². The van der Waals surface area contributed by atoms with E-state index >= 15 is 0 Å². The van der Waals surface area contributed by atoms with Crippen LogP contribution in [0.1, 0.15) is 46.5 Å². The van der Waals surface area contributed by atoms with Gasteiger partial charge in [-0.3, -0.25) is 0 Å². The van der Waals surface area contributed by atoms with Crippen molar-refractivity contribution in [3.05, 3.63) is 28.7 Å². The smallest absolute Gasteiger partial charge is 0.208 e. The molecule has 0 aliphatic heterocycles. The Balaban J connectivity index is 2.25. The quantitative estimate of drug-likeness (QED) is 0.856. The summed E-state index contributed by atoms with van der Waals surface area (Å²) >= 11 is 3.33. The lowest BCUT2D eigenvalue weighted by Crippen LogP contribution is -2.46. The monoisotopic (exact) mass is 373 g/mol. The third kappa shape index (κ3) is 4.08. The maximum absolute atomic E-state index is 12.7. The fourth-order valence-electron chi connectivity index (χ4n) is 3.23. The van der Waals surface area contributed by atoms with Gasteiger partial charge in [0.1, 0.15) is 0 Å². The summed E-state index contributed by atoms with van der Waals surface area (Å²) in [6.07, 6.45) is 4.29. The third-order valence-corrected chi connectivity index (χ3v) is 6.81. The normalized spacial score (nSPS) is 24.0. The molecule has 118 valence electrons. The van der Waals surface area contributed by atoms with Crippen molar-refractivity contribution in [3.8, 4) is 0 Å². The van der Waals surface area contributed by atoms with E-state index < -0.39 is 10.0 Å². The second-order valence-corrected chi connectivity index (χ2v) is 9.45. The Labute approximate surface area is 136 Å². The van der Waals surface area contributed by atoms with Crippen LogP contribution in [0.15, 0.2) is 33.6 Å². The van der Waals surface area contributed by atoms with Gasteiger partial charge in [-0.05, 0) is 52.2 Å². The van der Waals surface area contributed by atoms with Crippen LogP contribution in [0, 0.1) is 11.3 Å². The van der Waals surface area contributed by atoms with Crippen molar-refractivity contribution in [2.45, 2.75) is 57.4 Å². The lowest BCUT2D eigenvalue weighted by atomic mass is 9.70. The molecule has 0 spiro atoms. The van der Waals surface area contributed by atoms with Gasteiger partial charge in [-0.2, -0.15) is 0 Å². The van der Waals surface area contributed by atoms with Crippen LogP contribution in [0.5, 0.6) is 0 Å². The summed E-state index contributed by atoms with van der Waals surface area (Å²) in [5.41, 5.74) is 0.113. The first-order valence-corrected chi connectivity index (χ1v) is 9.76. The highest BCUT2D eigenvalue weighted by atomic mass is 79.9. The molecule has 5 heteroatoms. The summed E-state index contributed by atoms with van der Waals surface area (Å²) in [6.45, 7) is 6.59. The van der Waals surface area contributed by atoms with E-state index in [1.165, 1.54) is 6.42 Å². The molecule has 2 unspecified atom stereocenters. The first-order chi connectivity index (χ1) is 9.72. The van der Waals surface area contributed by atoms with Crippen molar-refractivity contribution in [2.75, 3.05) is 0 Å². The van der Waals surface area contributed by atoms with E-state index in [0.29, 0.717) is 15.3 Å². The van der Waals surface area contributed by atoms with Crippen LogP contribution < -0.4 is 4.72 Å². The molecule has 0 aromatic heterocycles. The summed E-state index contributed by atoms with van der Waals surface area (Å²) in [7, 11) is -3.48. The van der Waals surface area contributed by atoms with Crippen molar-refractivity contribution in [2.24, 2.45) is 11.3 Å². The van der Waals surface area contributed by atoms with Crippen LogP contribution in [-0.4, -0.2) is 14.5 Å². The average Bonchev–Trinajstić information content (AvgIpc) is 2.38. The molecule has 0 saturated heterocycles. The minimum atomic E-state index is -3.48. The van der Waals surface area contributed by atoms with Crippen LogP contribution in [0.4, 0.5) is 0 Å². The Morgan fingerprint density at radius 3 is 2.38 bits per heavy atom. The number of hydrogen-bond acceptors (Lipinski definition) is 2. The predicted octanol–water partition coefficient (Wildman–Crippen LogP) is 4.33. The van der Waals surface area contributed by atoms with Gasteiger partial charge in [0.25, 0.3) is 0 Å². The third-order valence-electron chi connectivity index (χ3n) is 4.31. The van der Waals surface area contributed by atoms with Gasteiger partial charge >= 0.3 is 0 Å². The molecular formula is C16H24BrNO2S. The molecule has 0 bridgehead atoms. The van der Waals surface area contributed by atoms with Crippen molar-refractivity contribution < 1.29 is 8.42 Å². The lowest BCUT2D eigenvalue weighted by molar-refractivity contribution is 0.144. The van der Waals surface area contributed by atoms with Crippen LogP contribution >= 0.6 is 15.9 Å². The van der Waals surface area contributed by atoms with Gasteiger partial charge in [-0.15, -0.1) is 0 Å². The zero-order valence-corrected chi connectivity index (χ0v) is 15.3. The molecule has 3 nitrogen and oxygen atoms in total. The Hall–Kier alpha value is -0.390. The molecule has 1 aromatic rings. The molecule has 1 aromatic carbocycles. The van der Waals surface area contributed by atoms with E-state index in [2.05, 4.69) is 41.4 Å². The second-order valence-electron chi connectivity index (χ2n) is 6.92. The van der Waals surface area contributed by atoms with Gasteiger partial charge in [0.2, 0.25) is 10.0 Å². The van der Waals surface area contributed by atoms with Crippen LogP contribution in [0.3, 0.4) is 0 Å². The summed E-state index contributed by atoms with van der Waals surface area (Å²) in [5.74, 6) is 0.378. The van der Waals surface area contributed by atoms with E-state index in [1.807, 2.05) is 6.07 Å². The Morgan fingerprint density at radius 2 is 1.76 bits per heavy atom. The van der Waals surface area contributed by atoms with E-state index in [4.69, 9.17) is 0 Å². The zero-order valence-electron chi connectivity index (χ0n) is 12.9. The molecule has 0 heterocycles. The van der Waals surface area contributed by atoms with Crippen molar-refractivity contribution in [1.82, 2.24) is 4.72 Å². The lowest BCUT2D eigenvalue weighted by Gasteiger charge is -2.40. The van der Waals surface area contributed by atoms with E-state index in [0.717, 1.165) is 19.3 Å². The SMILES string of the molecule is CC(C)(C)C1CCCCC1NS(=O)(=O)c1ccccc1Br. The molecule has 1 N–H and O–H groups in total. The molecule has 0 amide bonds. The molecule has 1 aliphatic rings. The zero-order chi connectivity index (χ0) is 15.7. The number of sulfonamides is 1. The Bertz CT molecular complexity index is 593. The predicted molar refractivity (Wildman–Crippen MR) is 89.7 cm³/mol. The first kappa shape index (κ1) is 17.0. The molecule has 0 radical (unpaired) electrons.